The average Bonchev–Trinajstić information content (AvgIpc) is 3.15. The van der Waals surface area contributed by atoms with E-state index in [9.17, 15) is 8.78 Å². The Morgan fingerprint density at radius 2 is 1.79 bits per heavy atom. The van der Waals surface area contributed by atoms with Crippen molar-refractivity contribution >= 4 is 29.9 Å². The number of nitrogens with one attached hydrogen (secondary N) is 2. The summed E-state index contributed by atoms with van der Waals surface area (Å²) >= 11 is 0. The Labute approximate surface area is 179 Å². The molecule has 0 bridgehead atoms. The zero-order valence-corrected chi connectivity index (χ0v) is 17.7. The normalized spacial score (nSPS) is 11.0. The summed E-state index contributed by atoms with van der Waals surface area (Å²) in [6, 6.07) is 14.7. The quantitative estimate of drug-likeness (QED) is 0.311. The number of hydrogen-bond donors (Lipinski definition) is 2. The second-order valence-corrected chi connectivity index (χ2v) is 5.92. The number of benzene rings is 2. The molecule has 148 valence electrons. The minimum atomic E-state index is -0.274. The van der Waals surface area contributed by atoms with Gasteiger partial charge < -0.3 is 10.6 Å². The molecule has 0 radical (unpaired) electrons. The molecule has 0 fully saturated rings. The summed E-state index contributed by atoms with van der Waals surface area (Å²) < 4.78 is 28.4. The van der Waals surface area contributed by atoms with Gasteiger partial charge in [-0.3, -0.25) is 4.99 Å². The number of halogens is 3. The average molecular weight is 497 g/mol. The number of guanidine groups is 1. The van der Waals surface area contributed by atoms with Crippen LogP contribution in [0.5, 0.6) is 0 Å². The number of aliphatic imine (C=N–C) groups is 1. The molecule has 2 aromatic carbocycles. The monoisotopic (exact) mass is 497 g/mol. The highest BCUT2D eigenvalue weighted by Crippen LogP contribution is 2.09. The second kappa shape index (κ2) is 10.7. The van der Waals surface area contributed by atoms with Crippen LogP contribution in [-0.2, 0) is 13.0 Å². The van der Waals surface area contributed by atoms with Crippen LogP contribution >= 0.6 is 24.0 Å². The molecule has 0 saturated carbocycles. The van der Waals surface area contributed by atoms with E-state index in [1.165, 1.54) is 18.2 Å². The van der Waals surface area contributed by atoms with Crippen molar-refractivity contribution in [3.8, 4) is 5.69 Å². The summed E-state index contributed by atoms with van der Waals surface area (Å²) in [6.45, 7) is 0.975. The van der Waals surface area contributed by atoms with Crippen LogP contribution in [0.4, 0.5) is 8.78 Å². The third-order valence-corrected chi connectivity index (χ3v) is 4.04. The van der Waals surface area contributed by atoms with Crippen LogP contribution in [-0.4, -0.2) is 29.3 Å². The molecule has 0 aliphatic rings. The van der Waals surface area contributed by atoms with Gasteiger partial charge >= 0.3 is 0 Å². The summed E-state index contributed by atoms with van der Waals surface area (Å²) in [5, 5.41) is 10.8. The van der Waals surface area contributed by atoms with Gasteiger partial charge in [0.25, 0.3) is 0 Å². The van der Waals surface area contributed by atoms with E-state index in [4.69, 9.17) is 0 Å². The van der Waals surface area contributed by atoms with Gasteiger partial charge in [0, 0.05) is 38.3 Å². The SMILES string of the molecule is CN=C(NCCc1ccn(-c2ccc(F)cc2)n1)NCc1ccccc1F.I. The lowest BCUT2D eigenvalue weighted by atomic mass is 10.2. The molecule has 5 nitrogen and oxygen atoms in total. The number of rotatable bonds is 6. The summed E-state index contributed by atoms with van der Waals surface area (Å²) in [4.78, 5) is 4.14. The zero-order chi connectivity index (χ0) is 19.1. The maximum Gasteiger partial charge on any atom is 0.191 e. The van der Waals surface area contributed by atoms with Crippen LogP contribution < -0.4 is 10.6 Å². The lowest BCUT2D eigenvalue weighted by Gasteiger charge is -2.11. The Bertz CT molecular complexity index is 909. The molecule has 8 heteroatoms. The van der Waals surface area contributed by atoms with E-state index in [2.05, 4.69) is 20.7 Å². The van der Waals surface area contributed by atoms with Crippen molar-refractivity contribution < 1.29 is 8.78 Å². The van der Waals surface area contributed by atoms with Gasteiger partial charge in [-0.15, -0.1) is 24.0 Å². The number of aromatic nitrogens is 2. The predicted octanol–water partition coefficient (Wildman–Crippen LogP) is 3.68. The van der Waals surface area contributed by atoms with E-state index in [1.807, 2.05) is 12.3 Å². The summed E-state index contributed by atoms with van der Waals surface area (Å²) in [5.74, 6) is 0.0765. The zero-order valence-electron chi connectivity index (χ0n) is 15.4. The summed E-state index contributed by atoms with van der Waals surface area (Å²) in [7, 11) is 1.67. The fourth-order valence-corrected chi connectivity index (χ4v) is 2.58. The van der Waals surface area contributed by atoms with E-state index in [-0.39, 0.29) is 35.6 Å². The Balaban J connectivity index is 0.00000280. The van der Waals surface area contributed by atoms with E-state index < -0.39 is 0 Å². The van der Waals surface area contributed by atoms with Crippen LogP contribution in [0.15, 0.2) is 65.8 Å². The largest absolute Gasteiger partial charge is 0.356 e. The highest BCUT2D eigenvalue weighted by atomic mass is 127. The van der Waals surface area contributed by atoms with E-state index in [0.29, 0.717) is 31.0 Å². The van der Waals surface area contributed by atoms with E-state index in [0.717, 1.165) is 11.4 Å². The van der Waals surface area contributed by atoms with Gasteiger partial charge in [-0.1, -0.05) is 18.2 Å². The lowest BCUT2D eigenvalue weighted by Crippen LogP contribution is -2.38. The van der Waals surface area contributed by atoms with Crippen molar-refractivity contribution in [2.45, 2.75) is 13.0 Å². The minimum Gasteiger partial charge on any atom is -0.356 e. The first-order chi connectivity index (χ1) is 13.2. The lowest BCUT2D eigenvalue weighted by molar-refractivity contribution is 0.604. The molecule has 0 aliphatic heterocycles. The Kier molecular flexibility index (Phi) is 8.37. The molecule has 0 atom stereocenters. The van der Waals surface area contributed by atoms with Gasteiger partial charge in [0.1, 0.15) is 11.6 Å². The molecule has 0 unspecified atom stereocenters. The van der Waals surface area contributed by atoms with Crippen LogP contribution in [0.3, 0.4) is 0 Å². The van der Waals surface area contributed by atoms with Gasteiger partial charge in [-0.2, -0.15) is 5.10 Å². The molecule has 28 heavy (non-hydrogen) atoms. The van der Waals surface area contributed by atoms with Gasteiger partial charge in [0.2, 0.25) is 0 Å². The molecule has 0 saturated heterocycles. The van der Waals surface area contributed by atoms with Crippen LogP contribution in [0.1, 0.15) is 11.3 Å². The third-order valence-electron chi connectivity index (χ3n) is 4.04. The third kappa shape index (κ3) is 6.01. The van der Waals surface area contributed by atoms with Crippen molar-refractivity contribution in [2.24, 2.45) is 4.99 Å². The maximum absolute atomic E-state index is 13.7. The number of nitrogens with zero attached hydrogens (tertiary/aromatic N) is 3. The molecule has 2 N–H and O–H groups in total. The smallest absolute Gasteiger partial charge is 0.191 e. The molecule has 3 rings (SSSR count). The van der Waals surface area contributed by atoms with Gasteiger partial charge in [0.05, 0.1) is 11.4 Å². The molecular formula is C20H22F2IN5. The Morgan fingerprint density at radius 1 is 1.04 bits per heavy atom. The summed E-state index contributed by atoms with van der Waals surface area (Å²) in [5.41, 5.74) is 2.29. The predicted molar refractivity (Wildman–Crippen MR) is 117 cm³/mol. The molecule has 1 aromatic heterocycles. The van der Waals surface area contributed by atoms with Gasteiger partial charge in [-0.25, -0.2) is 13.5 Å². The van der Waals surface area contributed by atoms with Crippen molar-refractivity contribution in [3.63, 3.8) is 0 Å². The topological polar surface area (TPSA) is 54.2 Å². The second-order valence-electron chi connectivity index (χ2n) is 5.92. The van der Waals surface area contributed by atoms with Crippen molar-refractivity contribution in [2.75, 3.05) is 13.6 Å². The number of hydrogen-bond acceptors (Lipinski definition) is 2. The Morgan fingerprint density at radius 3 is 2.50 bits per heavy atom. The van der Waals surface area contributed by atoms with E-state index in [1.54, 1.807) is 42.1 Å². The maximum atomic E-state index is 13.7. The molecule has 0 amide bonds. The van der Waals surface area contributed by atoms with Crippen molar-refractivity contribution in [1.82, 2.24) is 20.4 Å². The molecular weight excluding hydrogens is 475 g/mol. The van der Waals surface area contributed by atoms with Gasteiger partial charge in [-0.05, 0) is 36.4 Å². The van der Waals surface area contributed by atoms with E-state index >= 15 is 0 Å². The fraction of sp³-hybridized carbons (Fsp3) is 0.200. The fourth-order valence-electron chi connectivity index (χ4n) is 2.58. The first-order valence-corrected chi connectivity index (χ1v) is 8.64. The van der Waals surface area contributed by atoms with Gasteiger partial charge in [0.15, 0.2) is 5.96 Å². The molecule has 0 aliphatic carbocycles. The van der Waals surface area contributed by atoms with Crippen molar-refractivity contribution in [3.05, 3.63) is 83.7 Å². The first kappa shape index (κ1) is 21.8. The highest BCUT2D eigenvalue weighted by molar-refractivity contribution is 14.0. The first-order valence-electron chi connectivity index (χ1n) is 8.64. The minimum absolute atomic E-state index is 0. The van der Waals surface area contributed by atoms with Crippen LogP contribution in [0, 0.1) is 11.6 Å². The van der Waals surface area contributed by atoms with Crippen LogP contribution in [0.25, 0.3) is 5.69 Å². The molecule has 3 aromatic rings. The summed E-state index contributed by atoms with van der Waals surface area (Å²) in [6.07, 6.45) is 2.53. The molecule has 0 spiro atoms. The Hall–Kier alpha value is -2.49. The highest BCUT2D eigenvalue weighted by Gasteiger charge is 2.04. The van der Waals surface area contributed by atoms with Crippen molar-refractivity contribution in [1.29, 1.82) is 0 Å². The van der Waals surface area contributed by atoms with Crippen LogP contribution in [0.2, 0.25) is 0 Å². The molecule has 1 heterocycles. The standard InChI is InChI=1S/C20H21F2N5.HI/c1-23-20(25-14-15-4-2-3-5-19(15)22)24-12-10-17-11-13-27(26-17)18-8-6-16(21)7-9-18;/h2-9,11,13H,10,12,14H2,1H3,(H2,23,24,25);1H.